The molecular formula is C15H14F2N2O3S2. The van der Waals surface area contributed by atoms with Crippen molar-refractivity contribution in [2.24, 2.45) is 5.14 Å². The second-order valence-electron chi connectivity index (χ2n) is 4.90. The summed E-state index contributed by atoms with van der Waals surface area (Å²) >= 11 is 0.919. The number of amides is 1. The van der Waals surface area contributed by atoms with Gasteiger partial charge in [0.25, 0.3) is 0 Å². The van der Waals surface area contributed by atoms with E-state index in [0.29, 0.717) is 0 Å². The summed E-state index contributed by atoms with van der Waals surface area (Å²) in [5, 5.41) is 6.87. The van der Waals surface area contributed by atoms with Gasteiger partial charge in [-0.05, 0) is 37.3 Å². The van der Waals surface area contributed by atoms with E-state index >= 15 is 0 Å². The van der Waals surface area contributed by atoms with Gasteiger partial charge in [0.05, 0.1) is 10.1 Å². The van der Waals surface area contributed by atoms with Gasteiger partial charge >= 0.3 is 0 Å². The number of benzene rings is 2. The van der Waals surface area contributed by atoms with Gasteiger partial charge in [0.2, 0.25) is 15.9 Å². The summed E-state index contributed by atoms with van der Waals surface area (Å²) in [6.07, 6.45) is 0. The third-order valence-corrected chi connectivity index (χ3v) is 5.06. The molecule has 0 aliphatic heterocycles. The second-order valence-corrected chi connectivity index (χ2v) is 7.84. The van der Waals surface area contributed by atoms with Gasteiger partial charge in [-0.25, -0.2) is 22.3 Å². The fourth-order valence-electron chi connectivity index (χ4n) is 1.81. The highest BCUT2D eigenvalue weighted by molar-refractivity contribution is 8.00. The first-order valence-corrected chi connectivity index (χ1v) is 9.15. The number of halogens is 2. The Bertz CT molecular complexity index is 873. The van der Waals surface area contributed by atoms with E-state index in [1.807, 2.05) is 0 Å². The van der Waals surface area contributed by atoms with Crippen molar-refractivity contribution in [2.45, 2.75) is 22.0 Å². The van der Waals surface area contributed by atoms with Crippen molar-refractivity contribution in [3.8, 4) is 0 Å². The van der Waals surface area contributed by atoms with Gasteiger partial charge in [-0.2, -0.15) is 0 Å². The zero-order valence-corrected chi connectivity index (χ0v) is 14.1. The van der Waals surface area contributed by atoms with Crippen LogP contribution in [-0.4, -0.2) is 19.6 Å². The zero-order valence-electron chi connectivity index (χ0n) is 12.5. The first kappa shape index (κ1) is 18.4. The molecule has 2 rings (SSSR count). The van der Waals surface area contributed by atoms with Gasteiger partial charge in [-0.15, -0.1) is 11.8 Å². The molecule has 2 aromatic carbocycles. The van der Waals surface area contributed by atoms with Crippen LogP contribution in [0.2, 0.25) is 0 Å². The molecule has 5 nitrogen and oxygen atoms in total. The minimum absolute atomic E-state index is 0.134. The average Bonchev–Trinajstić information content (AvgIpc) is 2.49. The van der Waals surface area contributed by atoms with Crippen molar-refractivity contribution < 1.29 is 22.0 Å². The van der Waals surface area contributed by atoms with Crippen LogP contribution in [-0.2, 0) is 14.8 Å². The number of primary sulfonamides is 1. The SMILES string of the molecule is C[C@H](Sc1ccc(F)cc1F)C(=O)Nc1cccc(S(N)(=O)=O)c1. The molecule has 0 saturated carbocycles. The van der Waals surface area contributed by atoms with E-state index in [1.54, 1.807) is 6.92 Å². The maximum absolute atomic E-state index is 13.6. The number of sulfonamides is 1. The number of carbonyl (C=O) groups excluding carboxylic acids is 1. The molecule has 0 saturated heterocycles. The van der Waals surface area contributed by atoms with Gasteiger partial charge in [0.1, 0.15) is 11.6 Å². The molecule has 9 heteroatoms. The summed E-state index contributed by atoms with van der Waals surface area (Å²) in [6.45, 7) is 1.55. The van der Waals surface area contributed by atoms with Crippen molar-refractivity contribution in [1.29, 1.82) is 0 Å². The standard InChI is InChI=1S/C15H14F2N2O3S2/c1-9(23-14-6-5-10(16)7-13(14)17)15(20)19-11-3-2-4-12(8-11)24(18,21)22/h2-9H,1H3,(H,19,20)(H2,18,21,22)/t9-/m0/s1. The van der Waals surface area contributed by atoms with Crippen LogP contribution in [0.1, 0.15) is 6.92 Å². The Morgan fingerprint density at radius 3 is 2.54 bits per heavy atom. The fourth-order valence-corrected chi connectivity index (χ4v) is 3.23. The molecule has 0 bridgehead atoms. The molecule has 0 radical (unpaired) electrons. The molecule has 0 heterocycles. The summed E-state index contributed by atoms with van der Waals surface area (Å²) in [5.41, 5.74) is 0.249. The Balaban J connectivity index is 2.09. The average molecular weight is 372 g/mol. The fraction of sp³-hybridized carbons (Fsp3) is 0.133. The third kappa shape index (κ3) is 4.76. The molecule has 24 heavy (non-hydrogen) atoms. The topological polar surface area (TPSA) is 89.3 Å². The van der Waals surface area contributed by atoms with E-state index in [9.17, 15) is 22.0 Å². The van der Waals surface area contributed by atoms with E-state index in [1.165, 1.54) is 30.3 Å². The quantitative estimate of drug-likeness (QED) is 0.790. The third-order valence-electron chi connectivity index (χ3n) is 3.00. The monoisotopic (exact) mass is 372 g/mol. The normalized spacial score (nSPS) is 12.7. The van der Waals surface area contributed by atoms with Crippen molar-refractivity contribution in [3.05, 3.63) is 54.1 Å². The van der Waals surface area contributed by atoms with E-state index in [0.717, 1.165) is 23.9 Å². The summed E-state index contributed by atoms with van der Waals surface area (Å²) in [6, 6.07) is 8.56. The molecular weight excluding hydrogens is 358 g/mol. The first-order valence-electron chi connectivity index (χ1n) is 6.72. The molecule has 0 aromatic heterocycles. The van der Waals surface area contributed by atoms with E-state index in [2.05, 4.69) is 5.32 Å². The Kier molecular flexibility index (Phi) is 5.58. The predicted octanol–water partition coefficient (Wildman–Crippen LogP) is 2.73. The molecule has 3 N–H and O–H groups in total. The number of nitrogens with one attached hydrogen (secondary N) is 1. The molecule has 0 aliphatic rings. The van der Waals surface area contributed by atoms with Crippen molar-refractivity contribution in [3.63, 3.8) is 0 Å². The van der Waals surface area contributed by atoms with Crippen LogP contribution >= 0.6 is 11.8 Å². The molecule has 1 atom stereocenters. The maximum atomic E-state index is 13.6. The van der Waals surface area contributed by atoms with Gasteiger partial charge in [-0.1, -0.05) is 6.07 Å². The predicted molar refractivity (Wildman–Crippen MR) is 88.1 cm³/mol. The highest BCUT2D eigenvalue weighted by atomic mass is 32.2. The number of carbonyl (C=O) groups is 1. The largest absolute Gasteiger partial charge is 0.325 e. The summed E-state index contributed by atoms with van der Waals surface area (Å²) < 4.78 is 49.1. The van der Waals surface area contributed by atoms with Crippen molar-refractivity contribution in [2.75, 3.05) is 5.32 Å². The molecule has 1 amide bonds. The number of hydrogen-bond acceptors (Lipinski definition) is 4. The van der Waals surface area contributed by atoms with Crippen LogP contribution < -0.4 is 10.5 Å². The number of thioether (sulfide) groups is 1. The van der Waals surface area contributed by atoms with Crippen LogP contribution in [0.25, 0.3) is 0 Å². The van der Waals surface area contributed by atoms with Crippen LogP contribution in [0.5, 0.6) is 0 Å². The summed E-state index contributed by atoms with van der Waals surface area (Å²) in [7, 11) is -3.88. The van der Waals surface area contributed by atoms with Crippen LogP contribution in [0.15, 0.2) is 52.3 Å². The molecule has 0 spiro atoms. The van der Waals surface area contributed by atoms with E-state index < -0.39 is 32.8 Å². The lowest BCUT2D eigenvalue weighted by atomic mass is 10.3. The lowest BCUT2D eigenvalue weighted by Crippen LogP contribution is -2.22. The molecule has 128 valence electrons. The van der Waals surface area contributed by atoms with Gasteiger partial charge < -0.3 is 5.32 Å². The van der Waals surface area contributed by atoms with Gasteiger partial charge in [0, 0.05) is 16.6 Å². The Hall–Kier alpha value is -1.97. The maximum Gasteiger partial charge on any atom is 0.238 e. The zero-order chi connectivity index (χ0) is 17.9. The number of rotatable bonds is 5. The molecule has 0 fully saturated rings. The van der Waals surface area contributed by atoms with Gasteiger partial charge in [0.15, 0.2) is 0 Å². The van der Waals surface area contributed by atoms with Crippen LogP contribution in [0.4, 0.5) is 14.5 Å². The highest BCUT2D eigenvalue weighted by Crippen LogP contribution is 2.27. The van der Waals surface area contributed by atoms with Gasteiger partial charge in [-0.3, -0.25) is 4.79 Å². The van der Waals surface area contributed by atoms with E-state index in [-0.39, 0.29) is 15.5 Å². The number of nitrogens with two attached hydrogens (primary N) is 1. The Labute approximate surface area is 142 Å². The lowest BCUT2D eigenvalue weighted by molar-refractivity contribution is -0.115. The lowest BCUT2D eigenvalue weighted by Gasteiger charge is -2.13. The molecule has 0 unspecified atom stereocenters. The Morgan fingerprint density at radius 2 is 1.92 bits per heavy atom. The molecule has 0 aliphatic carbocycles. The number of anilines is 1. The first-order chi connectivity index (χ1) is 11.2. The van der Waals surface area contributed by atoms with E-state index in [4.69, 9.17) is 5.14 Å². The smallest absolute Gasteiger partial charge is 0.238 e. The Morgan fingerprint density at radius 1 is 1.21 bits per heavy atom. The van der Waals surface area contributed by atoms with Crippen molar-refractivity contribution in [1.82, 2.24) is 0 Å². The van der Waals surface area contributed by atoms with Crippen molar-refractivity contribution >= 4 is 33.4 Å². The van der Waals surface area contributed by atoms with Crippen LogP contribution in [0, 0.1) is 11.6 Å². The highest BCUT2D eigenvalue weighted by Gasteiger charge is 2.18. The van der Waals surface area contributed by atoms with Crippen LogP contribution in [0.3, 0.4) is 0 Å². The number of hydrogen-bond donors (Lipinski definition) is 2. The molecule has 2 aromatic rings. The summed E-state index contributed by atoms with van der Waals surface area (Å²) in [4.78, 5) is 12.1. The summed E-state index contributed by atoms with van der Waals surface area (Å²) in [5.74, 6) is -1.92. The minimum atomic E-state index is -3.88. The minimum Gasteiger partial charge on any atom is -0.325 e. The second kappa shape index (κ2) is 7.29.